The number of hydrogen-bond donors (Lipinski definition) is 1. The van der Waals surface area contributed by atoms with Gasteiger partial charge in [-0.05, 0) is 56.2 Å². The van der Waals surface area contributed by atoms with Gasteiger partial charge in [-0.25, -0.2) is 4.98 Å². The number of hydrogen-bond acceptors (Lipinski definition) is 4. The predicted molar refractivity (Wildman–Crippen MR) is 110 cm³/mol. The van der Waals surface area contributed by atoms with Crippen molar-refractivity contribution in [1.82, 2.24) is 9.55 Å². The van der Waals surface area contributed by atoms with Crippen molar-refractivity contribution in [3.63, 3.8) is 0 Å². The van der Waals surface area contributed by atoms with Crippen LogP contribution in [0.2, 0.25) is 0 Å². The van der Waals surface area contributed by atoms with Gasteiger partial charge in [0.1, 0.15) is 11.6 Å². The molecule has 146 valence electrons. The highest BCUT2D eigenvalue weighted by atomic mass is 16.5. The lowest BCUT2D eigenvalue weighted by Gasteiger charge is -2.15. The summed E-state index contributed by atoms with van der Waals surface area (Å²) in [7, 11) is 0. The molecule has 2 heterocycles. The minimum atomic E-state index is -0.664. The lowest BCUT2D eigenvalue weighted by Crippen LogP contribution is -2.30. The monoisotopic (exact) mass is 386 g/mol. The molecule has 1 N–H and O–H groups in total. The van der Waals surface area contributed by atoms with Gasteiger partial charge in [-0.1, -0.05) is 12.1 Å². The van der Waals surface area contributed by atoms with Gasteiger partial charge in [-0.2, -0.15) is 5.26 Å². The number of nitrogens with one attached hydrogen (secondary N) is 1. The van der Waals surface area contributed by atoms with Gasteiger partial charge in [0.25, 0.3) is 5.91 Å². The average Bonchev–Trinajstić information content (AvgIpc) is 3.19. The number of carbonyl (C=O) groups excluding carboxylic acids is 1. The van der Waals surface area contributed by atoms with Gasteiger partial charge in [0.2, 0.25) is 0 Å². The first-order valence-electron chi connectivity index (χ1n) is 9.76. The second-order valence-electron chi connectivity index (χ2n) is 7.16. The zero-order valence-electron chi connectivity index (χ0n) is 16.3. The summed E-state index contributed by atoms with van der Waals surface area (Å²) in [6, 6.07) is 16.4. The molecule has 1 amide bonds. The number of benzene rings is 2. The van der Waals surface area contributed by atoms with Crippen molar-refractivity contribution >= 4 is 11.6 Å². The summed E-state index contributed by atoms with van der Waals surface area (Å²) in [6.07, 6.45) is 4.88. The third-order valence-corrected chi connectivity index (χ3v) is 5.02. The summed E-state index contributed by atoms with van der Waals surface area (Å²) in [6.45, 7) is 2.73. The topological polar surface area (TPSA) is 79.9 Å². The summed E-state index contributed by atoms with van der Waals surface area (Å²) in [4.78, 5) is 17.2. The molecular weight excluding hydrogens is 364 g/mol. The molecule has 1 aliphatic heterocycles. The molecule has 6 nitrogen and oxygen atoms in total. The van der Waals surface area contributed by atoms with Crippen molar-refractivity contribution in [2.45, 2.75) is 38.8 Å². The Labute approximate surface area is 169 Å². The highest BCUT2D eigenvalue weighted by Gasteiger charge is 2.16. The first kappa shape index (κ1) is 18.8. The minimum Gasteiger partial charge on any atom is -0.481 e. The molecule has 0 bridgehead atoms. The summed E-state index contributed by atoms with van der Waals surface area (Å²) in [5.74, 6) is 1.46. The predicted octanol–water partition coefficient (Wildman–Crippen LogP) is 4.16. The van der Waals surface area contributed by atoms with E-state index in [1.807, 2.05) is 24.3 Å². The van der Waals surface area contributed by atoms with E-state index in [0.29, 0.717) is 17.0 Å². The van der Waals surface area contributed by atoms with Crippen molar-refractivity contribution in [3.8, 4) is 23.1 Å². The van der Waals surface area contributed by atoms with Gasteiger partial charge in [0.05, 0.1) is 17.3 Å². The molecule has 1 aromatic heterocycles. The lowest BCUT2D eigenvalue weighted by atomic mass is 10.1. The standard InChI is InChI=1S/C23H22N4O2/c1-16(29-20-11-5-17(14-24)6-12-20)23(28)25-19-9-7-18(8-10-19)21-15-27-13-3-2-4-22(27)26-21/h5-12,15-16H,2-4,13H2,1H3,(H,25,28). The molecule has 1 atom stereocenters. The van der Waals surface area contributed by atoms with Crippen molar-refractivity contribution in [2.24, 2.45) is 0 Å². The number of anilines is 1. The van der Waals surface area contributed by atoms with E-state index in [-0.39, 0.29) is 5.91 Å². The van der Waals surface area contributed by atoms with Crippen molar-refractivity contribution in [1.29, 1.82) is 5.26 Å². The van der Waals surface area contributed by atoms with Crippen molar-refractivity contribution in [3.05, 3.63) is 66.1 Å². The fourth-order valence-electron chi connectivity index (χ4n) is 3.39. The second kappa shape index (κ2) is 8.19. The maximum absolute atomic E-state index is 12.4. The third-order valence-electron chi connectivity index (χ3n) is 5.02. The van der Waals surface area contributed by atoms with E-state index in [1.54, 1.807) is 31.2 Å². The van der Waals surface area contributed by atoms with Crippen LogP contribution in [0.25, 0.3) is 11.3 Å². The minimum absolute atomic E-state index is 0.237. The summed E-state index contributed by atoms with van der Waals surface area (Å²) < 4.78 is 7.89. The third kappa shape index (κ3) is 4.30. The van der Waals surface area contributed by atoms with Crippen molar-refractivity contribution < 1.29 is 9.53 Å². The van der Waals surface area contributed by atoms with Gasteiger partial charge < -0.3 is 14.6 Å². The average molecular weight is 386 g/mol. The van der Waals surface area contributed by atoms with E-state index in [1.165, 1.54) is 12.8 Å². The molecule has 4 rings (SSSR count). The number of rotatable bonds is 5. The normalized spacial score (nSPS) is 13.8. The van der Waals surface area contributed by atoms with Gasteiger partial charge in [0, 0.05) is 30.4 Å². The highest BCUT2D eigenvalue weighted by Crippen LogP contribution is 2.24. The van der Waals surface area contributed by atoms with E-state index in [9.17, 15) is 4.79 Å². The maximum Gasteiger partial charge on any atom is 0.265 e. The van der Waals surface area contributed by atoms with E-state index < -0.39 is 6.10 Å². The lowest BCUT2D eigenvalue weighted by molar-refractivity contribution is -0.122. The Bertz CT molecular complexity index is 1020. The molecule has 1 aliphatic rings. The van der Waals surface area contributed by atoms with Crippen LogP contribution < -0.4 is 10.1 Å². The molecule has 0 aliphatic carbocycles. The van der Waals surface area contributed by atoms with Crippen LogP contribution in [-0.2, 0) is 17.8 Å². The fourth-order valence-corrected chi connectivity index (χ4v) is 3.39. The van der Waals surface area contributed by atoms with Crippen LogP contribution in [0.1, 0.15) is 31.2 Å². The number of carbonyl (C=O) groups is 1. The Balaban J connectivity index is 1.38. The highest BCUT2D eigenvalue weighted by molar-refractivity contribution is 5.94. The van der Waals surface area contributed by atoms with Crippen LogP contribution in [0.15, 0.2) is 54.7 Å². The summed E-state index contributed by atoms with van der Waals surface area (Å²) in [5.41, 5.74) is 3.26. The molecule has 3 aromatic rings. The molecule has 0 spiro atoms. The quantitative estimate of drug-likeness (QED) is 0.714. The number of nitriles is 1. The number of aryl methyl sites for hydroxylation is 2. The van der Waals surface area contributed by atoms with Crippen LogP contribution in [0, 0.1) is 11.3 Å². The molecule has 2 aromatic carbocycles. The van der Waals surface area contributed by atoms with Crippen LogP contribution in [-0.4, -0.2) is 21.6 Å². The molecular formula is C23H22N4O2. The van der Waals surface area contributed by atoms with E-state index in [2.05, 4.69) is 22.1 Å². The van der Waals surface area contributed by atoms with E-state index in [0.717, 1.165) is 30.0 Å². The van der Waals surface area contributed by atoms with Crippen LogP contribution in [0.5, 0.6) is 5.75 Å². The molecule has 0 radical (unpaired) electrons. The Morgan fingerprint density at radius 2 is 1.93 bits per heavy atom. The summed E-state index contributed by atoms with van der Waals surface area (Å²) >= 11 is 0. The van der Waals surface area contributed by atoms with Gasteiger partial charge >= 0.3 is 0 Å². The number of aromatic nitrogens is 2. The molecule has 0 saturated heterocycles. The molecule has 1 unspecified atom stereocenters. The number of amides is 1. The Morgan fingerprint density at radius 1 is 1.17 bits per heavy atom. The largest absolute Gasteiger partial charge is 0.481 e. The first-order valence-corrected chi connectivity index (χ1v) is 9.76. The molecule has 6 heteroatoms. The fraction of sp³-hybridized carbons (Fsp3) is 0.261. The molecule has 0 fully saturated rings. The molecule has 0 saturated carbocycles. The van der Waals surface area contributed by atoms with Gasteiger partial charge in [-0.3, -0.25) is 4.79 Å². The smallest absolute Gasteiger partial charge is 0.265 e. The van der Waals surface area contributed by atoms with Crippen LogP contribution >= 0.6 is 0 Å². The summed E-state index contributed by atoms with van der Waals surface area (Å²) in [5, 5.41) is 11.7. The van der Waals surface area contributed by atoms with E-state index in [4.69, 9.17) is 15.0 Å². The second-order valence-corrected chi connectivity index (χ2v) is 7.16. The first-order chi connectivity index (χ1) is 14.1. The number of ether oxygens (including phenoxy) is 1. The van der Waals surface area contributed by atoms with Gasteiger partial charge in [-0.15, -0.1) is 0 Å². The van der Waals surface area contributed by atoms with Crippen LogP contribution in [0.3, 0.4) is 0 Å². The SMILES string of the molecule is CC(Oc1ccc(C#N)cc1)C(=O)Nc1ccc(-c2cn3c(n2)CCCC3)cc1. The Kier molecular flexibility index (Phi) is 5.30. The Hall–Kier alpha value is -3.59. The van der Waals surface area contributed by atoms with Crippen molar-refractivity contribution in [2.75, 3.05) is 5.32 Å². The van der Waals surface area contributed by atoms with Gasteiger partial charge in [0.15, 0.2) is 6.10 Å². The number of imidazole rings is 1. The zero-order chi connectivity index (χ0) is 20.2. The maximum atomic E-state index is 12.4. The zero-order valence-corrected chi connectivity index (χ0v) is 16.3. The number of nitrogens with zero attached hydrogens (tertiary/aromatic N) is 3. The van der Waals surface area contributed by atoms with Crippen LogP contribution in [0.4, 0.5) is 5.69 Å². The molecule has 29 heavy (non-hydrogen) atoms. The number of fused-ring (bicyclic) bond motifs is 1. The Morgan fingerprint density at radius 3 is 2.62 bits per heavy atom. The van der Waals surface area contributed by atoms with E-state index >= 15 is 0 Å².